The zero-order chi connectivity index (χ0) is 17.7. The lowest BCUT2D eigenvalue weighted by Gasteiger charge is -2.06. The molecule has 0 saturated heterocycles. The highest BCUT2D eigenvalue weighted by atomic mass is 16.2. The monoisotopic (exact) mass is 344 g/mol. The Kier molecular flexibility index (Phi) is 8.11. The van der Waals surface area contributed by atoms with Gasteiger partial charge in [-0.05, 0) is 37.1 Å². The van der Waals surface area contributed by atoms with Gasteiger partial charge in [0.2, 0.25) is 11.8 Å². The van der Waals surface area contributed by atoms with E-state index in [0.29, 0.717) is 25.9 Å². The van der Waals surface area contributed by atoms with Gasteiger partial charge < -0.3 is 10.6 Å². The van der Waals surface area contributed by atoms with E-state index in [1.807, 2.05) is 36.4 Å². The van der Waals surface area contributed by atoms with Gasteiger partial charge in [-0.25, -0.2) is 0 Å². The van der Waals surface area contributed by atoms with Crippen molar-refractivity contribution in [1.82, 2.24) is 20.6 Å². The fourth-order valence-electron chi connectivity index (χ4n) is 2.31. The molecule has 2 amide bonds. The summed E-state index contributed by atoms with van der Waals surface area (Å²) in [5.41, 5.74) is 1.70. The van der Waals surface area contributed by atoms with Gasteiger partial charge in [0, 0.05) is 28.1 Å². The van der Waals surface area contributed by atoms with Crippen molar-refractivity contribution in [3.8, 4) is 0 Å². The molecule has 2 aromatic rings. The molecule has 6 heteroatoms. The SMILES string of the molecule is O=C(CCCCCC(=O)NCc1ccccn1)NCc1ccccn1.[HH].[HH]. The predicted octanol–water partition coefficient (Wildman–Crippen LogP) is 2.85. The molecule has 0 saturated carbocycles. The van der Waals surface area contributed by atoms with Gasteiger partial charge >= 0.3 is 0 Å². The van der Waals surface area contributed by atoms with Crippen molar-refractivity contribution >= 4 is 11.8 Å². The van der Waals surface area contributed by atoms with E-state index in [0.717, 1.165) is 30.7 Å². The Morgan fingerprint density at radius 3 is 1.64 bits per heavy atom. The van der Waals surface area contributed by atoms with Crippen LogP contribution in [-0.2, 0) is 22.7 Å². The first kappa shape index (κ1) is 18.6. The molecule has 25 heavy (non-hydrogen) atoms. The van der Waals surface area contributed by atoms with Crippen molar-refractivity contribution in [2.75, 3.05) is 0 Å². The fourth-order valence-corrected chi connectivity index (χ4v) is 2.31. The Morgan fingerprint density at radius 1 is 0.760 bits per heavy atom. The number of nitrogens with zero attached hydrogens (tertiary/aromatic N) is 2. The summed E-state index contributed by atoms with van der Waals surface area (Å²) in [4.78, 5) is 31.8. The van der Waals surface area contributed by atoms with E-state index < -0.39 is 0 Å². The van der Waals surface area contributed by atoms with E-state index in [2.05, 4.69) is 20.6 Å². The number of hydrogen-bond donors (Lipinski definition) is 2. The highest BCUT2D eigenvalue weighted by Crippen LogP contribution is 2.04. The molecule has 2 aromatic heterocycles. The number of unbranched alkanes of at least 4 members (excludes halogenated alkanes) is 2. The second-order valence-corrected chi connectivity index (χ2v) is 5.76. The van der Waals surface area contributed by atoms with E-state index in [-0.39, 0.29) is 14.7 Å². The number of amides is 2. The Balaban J connectivity index is 0.00000338. The maximum atomic E-state index is 11.7. The third-order valence-corrected chi connectivity index (χ3v) is 3.69. The van der Waals surface area contributed by atoms with Crippen LogP contribution in [0.1, 0.15) is 46.3 Å². The lowest BCUT2D eigenvalue weighted by Crippen LogP contribution is -2.23. The summed E-state index contributed by atoms with van der Waals surface area (Å²) in [6.45, 7) is 0.908. The third kappa shape index (κ3) is 8.06. The summed E-state index contributed by atoms with van der Waals surface area (Å²) in [6, 6.07) is 11.2. The van der Waals surface area contributed by atoms with Gasteiger partial charge in [-0.2, -0.15) is 0 Å². The Labute approximate surface area is 151 Å². The summed E-state index contributed by atoms with van der Waals surface area (Å²) >= 11 is 0. The van der Waals surface area contributed by atoms with Gasteiger partial charge in [0.1, 0.15) is 0 Å². The molecule has 0 aromatic carbocycles. The van der Waals surface area contributed by atoms with Crippen molar-refractivity contribution in [2.45, 2.75) is 45.2 Å². The van der Waals surface area contributed by atoms with Crippen molar-refractivity contribution in [3.05, 3.63) is 60.2 Å². The number of pyridine rings is 2. The second kappa shape index (κ2) is 10.9. The van der Waals surface area contributed by atoms with Crippen LogP contribution in [0.25, 0.3) is 0 Å². The van der Waals surface area contributed by atoms with Crippen LogP contribution in [-0.4, -0.2) is 21.8 Å². The number of carbonyl (C=O) groups excluding carboxylic acids is 2. The van der Waals surface area contributed by atoms with Crippen molar-refractivity contribution in [3.63, 3.8) is 0 Å². The molecule has 0 bridgehead atoms. The summed E-state index contributed by atoms with van der Waals surface area (Å²) in [5, 5.41) is 5.70. The van der Waals surface area contributed by atoms with Gasteiger partial charge in [0.15, 0.2) is 0 Å². The lowest BCUT2D eigenvalue weighted by molar-refractivity contribution is -0.121. The molecule has 2 heterocycles. The average molecular weight is 344 g/mol. The highest BCUT2D eigenvalue weighted by Gasteiger charge is 2.04. The number of rotatable bonds is 10. The summed E-state index contributed by atoms with van der Waals surface area (Å²) in [7, 11) is 0. The molecule has 0 radical (unpaired) electrons. The minimum absolute atomic E-state index is 0. The average Bonchev–Trinajstić information content (AvgIpc) is 2.66. The normalized spacial score (nSPS) is 10.2. The number of hydrogen-bond acceptors (Lipinski definition) is 4. The Bertz CT molecular complexity index is 600. The molecule has 0 aliphatic rings. The van der Waals surface area contributed by atoms with Crippen LogP contribution in [0.5, 0.6) is 0 Å². The first-order chi connectivity index (χ1) is 12.2. The minimum Gasteiger partial charge on any atom is -0.350 e. The summed E-state index contributed by atoms with van der Waals surface area (Å²) in [5.74, 6) is 0.0375. The van der Waals surface area contributed by atoms with Gasteiger partial charge in [0.05, 0.1) is 24.5 Å². The van der Waals surface area contributed by atoms with E-state index in [1.54, 1.807) is 12.4 Å². The molecule has 0 unspecified atom stereocenters. The maximum Gasteiger partial charge on any atom is 0.220 e. The standard InChI is InChI=1S/C19H24N4O2.2H2/c24-18(22-14-16-8-4-6-12-20-16)10-2-1-3-11-19(25)23-15-17-9-5-7-13-21-17;;/h4-9,12-13H,1-3,10-11,14-15H2,(H,22,24)(H,23,25);2*1H. The van der Waals surface area contributed by atoms with Crippen molar-refractivity contribution in [2.24, 2.45) is 0 Å². The van der Waals surface area contributed by atoms with Gasteiger partial charge in [-0.3, -0.25) is 19.6 Å². The molecule has 0 atom stereocenters. The van der Waals surface area contributed by atoms with Crippen molar-refractivity contribution in [1.29, 1.82) is 0 Å². The molecular weight excluding hydrogens is 316 g/mol. The molecule has 0 spiro atoms. The van der Waals surface area contributed by atoms with Crippen LogP contribution in [0, 0.1) is 0 Å². The molecule has 2 N–H and O–H groups in total. The molecule has 136 valence electrons. The first-order valence-corrected chi connectivity index (χ1v) is 8.57. The zero-order valence-corrected chi connectivity index (χ0v) is 14.3. The Morgan fingerprint density at radius 2 is 1.24 bits per heavy atom. The second-order valence-electron chi connectivity index (χ2n) is 5.76. The molecule has 6 nitrogen and oxygen atoms in total. The van der Waals surface area contributed by atoms with Crippen LogP contribution >= 0.6 is 0 Å². The van der Waals surface area contributed by atoms with Gasteiger partial charge in [-0.1, -0.05) is 18.6 Å². The minimum atomic E-state index is 0. The highest BCUT2D eigenvalue weighted by molar-refractivity contribution is 5.76. The van der Waals surface area contributed by atoms with Crippen LogP contribution in [0.3, 0.4) is 0 Å². The number of aromatic nitrogens is 2. The largest absolute Gasteiger partial charge is 0.350 e. The Hall–Kier alpha value is -2.76. The fraction of sp³-hybridized carbons (Fsp3) is 0.368. The quantitative estimate of drug-likeness (QED) is 0.649. The van der Waals surface area contributed by atoms with E-state index in [4.69, 9.17) is 0 Å². The van der Waals surface area contributed by atoms with E-state index in [1.165, 1.54) is 0 Å². The molecule has 0 aliphatic carbocycles. The lowest BCUT2D eigenvalue weighted by atomic mass is 10.1. The van der Waals surface area contributed by atoms with Crippen LogP contribution in [0.4, 0.5) is 0 Å². The molecule has 0 aliphatic heterocycles. The van der Waals surface area contributed by atoms with E-state index >= 15 is 0 Å². The van der Waals surface area contributed by atoms with Crippen LogP contribution in [0.2, 0.25) is 0 Å². The predicted molar refractivity (Wildman–Crippen MR) is 99.5 cm³/mol. The molecular formula is C19H28N4O2. The zero-order valence-electron chi connectivity index (χ0n) is 14.3. The third-order valence-electron chi connectivity index (χ3n) is 3.69. The van der Waals surface area contributed by atoms with Gasteiger partial charge in [0.25, 0.3) is 0 Å². The summed E-state index contributed by atoms with van der Waals surface area (Å²) < 4.78 is 0. The smallest absolute Gasteiger partial charge is 0.220 e. The first-order valence-electron chi connectivity index (χ1n) is 8.57. The van der Waals surface area contributed by atoms with Crippen LogP contribution in [0.15, 0.2) is 48.8 Å². The van der Waals surface area contributed by atoms with E-state index in [9.17, 15) is 9.59 Å². The molecule has 0 fully saturated rings. The topological polar surface area (TPSA) is 84.0 Å². The van der Waals surface area contributed by atoms with Crippen LogP contribution < -0.4 is 10.6 Å². The molecule has 2 rings (SSSR count). The number of nitrogens with one attached hydrogen (secondary N) is 2. The summed E-state index contributed by atoms with van der Waals surface area (Å²) in [6.07, 6.45) is 6.78. The van der Waals surface area contributed by atoms with Gasteiger partial charge in [-0.15, -0.1) is 0 Å². The number of carbonyl (C=O) groups is 2. The maximum absolute atomic E-state index is 11.7. The van der Waals surface area contributed by atoms with Crippen molar-refractivity contribution < 1.29 is 12.4 Å².